The lowest BCUT2D eigenvalue weighted by Crippen LogP contribution is -2.14. The van der Waals surface area contributed by atoms with Crippen LogP contribution in [0.25, 0.3) is 0 Å². The van der Waals surface area contributed by atoms with Crippen LogP contribution >= 0.6 is 11.3 Å². The summed E-state index contributed by atoms with van der Waals surface area (Å²) in [5.41, 5.74) is 4.55. The normalized spacial score (nSPS) is 12.9. The minimum atomic E-state index is -0.328. The Balaban J connectivity index is 2.05. The topological polar surface area (TPSA) is 38.0 Å². The van der Waals surface area contributed by atoms with E-state index in [9.17, 15) is 5.11 Å². The first-order valence-corrected chi connectivity index (χ1v) is 6.70. The highest BCUT2D eigenvalue weighted by atomic mass is 32.1. The molecule has 0 spiro atoms. The SMILES string of the molecule is Cc1nn(C)c(C)c1CC(O)Cc1ccsc1. The third-order valence-corrected chi connectivity index (χ3v) is 3.88. The molecule has 1 atom stereocenters. The molecule has 0 saturated heterocycles. The number of rotatable bonds is 4. The summed E-state index contributed by atoms with van der Waals surface area (Å²) in [5, 5.41) is 18.6. The van der Waals surface area contributed by atoms with Crippen molar-refractivity contribution in [3.05, 3.63) is 39.3 Å². The van der Waals surface area contributed by atoms with Crippen molar-refractivity contribution in [2.45, 2.75) is 32.8 Å². The average Bonchev–Trinajstić information content (AvgIpc) is 2.83. The van der Waals surface area contributed by atoms with E-state index < -0.39 is 0 Å². The van der Waals surface area contributed by atoms with Crippen LogP contribution in [0.1, 0.15) is 22.5 Å². The van der Waals surface area contributed by atoms with Crippen LogP contribution in [0.15, 0.2) is 16.8 Å². The zero-order valence-corrected chi connectivity index (χ0v) is 11.3. The van der Waals surface area contributed by atoms with Crippen LogP contribution in [-0.2, 0) is 19.9 Å². The number of aliphatic hydroxyl groups is 1. The van der Waals surface area contributed by atoms with Crippen molar-refractivity contribution in [1.29, 1.82) is 0 Å². The summed E-state index contributed by atoms with van der Waals surface area (Å²) in [7, 11) is 1.94. The molecule has 0 aliphatic carbocycles. The lowest BCUT2D eigenvalue weighted by Gasteiger charge is -2.10. The van der Waals surface area contributed by atoms with Gasteiger partial charge in [0.25, 0.3) is 0 Å². The van der Waals surface area contributed by atoms with Gasteiger partial charge in [-0.05, 0) is 48.2 Å². The first kappa shape index (κ1) is 12.3. The van der Waals surface area contributed by atoms with E-state index in [1.54, 1.807) is 11.3 Å². The van der Waals surface area contributed by atoms with Crippen LogP contribution < -0.4 is 0 Å². The number of aromatic nitrogens is 2. The number of thiophene rings is 1. The standard InChI is InChI=1S/C13H18N2OS/c1-9-13(10(2)15(3)14-9)7-12(16)6-11-4-5-17-8-11/h4-5,8,12,16H,6-7H2,1-3H3. The van der Waals surface area contributed by atoms with Crippen LogP contribution in [0.5, 0.6) is 0 Å². The minimum absolute atomic E-state index is 0.328. The van der Waals surface area contributed by atoms with Gasteiger partial charge in [-0.15, -0.1) is 0 Å². The van der Waals surface area contributed by atoms with Crippen molar-refractivity contribution < 1.29 is 5.11 Å². The first-order valence-electron chi connectivity index (χ1n) is 5.76. The van der Waals surface area contributed by atoms with Gasteiger partial charge in [-0.25, -0.2) is 0 Å². The monoisotopic (exact) mass is 250 g/mol. The average molecular weight is 250 g/mol. The Morgan fingerprint density at radius 1 is 1.41 bits per heavy atom. The number of nitrogens with zero attached hydrogens (tertiary/aromatic N) is 2. The van der Waals surface area contributed by atoms with Crippen LogP contribution in [0.3, 0.4) is 0 Å². The third kappa shape index (κ3) is 2.76. The summed E-state index contributed by atoms with van der Waals surface area (Å²) in [6, 6.07) is 2.07. The van der Waals surface area contributed by atoms with Gasteiger partial charge in [0, 0.05) is 19.2 Å². The summed E-state index contributed by atoms with van der Waals surface area (Å²) in [6.07, 6.45) is 1.07. The summed E-state index contributed by atoms with van der Waals surface area (Å²) in [5.74, 6) is 0. The lowest BCUT2D eigenvalue weighted by atomic mass is 10.0. The van der Waals surface area contributed by atoms with E-state index in [-0.39, 0.29) is 6.10 Å². The van der Waals surface area contributed by atoms with Gasteiger partial charge in [0.2, 0.25) is 0 Å². The molecule has 1 N–H and O–H groups in total. The molecule has 0 fully saturated rings. The lowest BCUT2D eigenvalue weighted by molar-refractivity contribution is 0.175. The molecule has 0 saturated carbocycles. The first-order chi connectivity index (χ1) is 8.08. The molecule has 0 aliphatic rings. The molecule has 0 radical (unpaired) electrons. The number of hydrogen-bond acceptors (Lipinski definition) is 3. The van der Waals surface area contributed by atoms with Gasteiger partial charge in [0.05, 0.1) is 11.8 Å². The van der Waals surface area contributed by atoms with E-state index in [0.29, 0.717) is 6.42 Å². The second-order valence-electron chi connectivity index (χ2n) is 4.47. The Labute approximate surface area is 106 Å². The largest absolute Gasteiger partial charge is 0.392 e. The van der Waals surface area contributed by atoms with E-state index in [1.807, 2.05) is 31.0 Å². The molecular weight excluding hydrogens is 232 g/mol. The van der Waals surface area contributed by atoms with E-state index in [2.05, 4.69) is 16.5 Å². The number of hydrogen-bond donors (Lipinski definition) is 1. The van der Waals surface area contributed by atoms with Gasteiger partial charge >= 0.3 is 0 Å². The molecule has 1 unspecified atom stereocenters. The van der Waals surface area contributed by atoms with E-state index in [1.165, 1.54) is 11.1 Å². The Bertz CT molecular complexity index is 488. The second kappa shape index (κ2) is 5.02. The van der Waals surface area contributed by atoms with Crippen molar-refractivity contribution in [1.82, 2.24) is 9.78 Å². The van der Waals surface area contributed by atoms with Gasteiger partial charge < -0.3 is 5.11 Å². The number of aryl methyl sites for hydroxylation is 2. The smallest absolute Gasteiger partial charge is 0.0629 e. The highest BCUT2D eigenvalue weighted by molar-refractivity contribution is 7.07. The van der Waals surface area contributed by atoms with Crippen LogP contribution in [-0.4, -0.2) is 21.0 Å². The number of aliphatic hydroxyl groups excluding tert-OH is 1. The molecule has 17 heavy (non-hydrogen) atoms. The second-order valence-corrected chi connectivity index (χ2v) is 5.25. The zero-order valence-electron chi connectivity index (χ0n) is 10.5. The van der Waals surface area contributed by atoms with E-state index in [4.69, 9.17) is 0 Å². The maximum absolute atomic E-state index is 10.1. The minimum Gasteiger partial charge on any atom is -0.392 e. The molecule has 2 rings (SSSR count). The van der Waals surface area contributed by atoms with Gasteiger partial charge in [-0.2, -0.15) is 16.4 Å². The zero-order chi connectivity index (χ0) is 12.4. The predicted octanol–water partition coefficient (Wildman–Crippen LogP) is 2.24. The molecule has 0 amide bonds. The van der Waals surface area contributed by atoms with Crippen molar-refractivity contribution in [2.75, 3.05) is 0 Å². The fourth-order valence-electron chi connectivity index (χ4n) is 2.10. The van der Waals surface area contributed by atoms with Crippen molar-refractivity contribution >= 4 is 11.3 Å². The summed E-state index contributed by atoms with van der Waals surface area (Å²) in [4.78, 5) is 0. The molecule has 0 aliphatic heterocycles. The Hall–Kier alpha value is -1.13. The van der Waals surface area contributed by atoms with Crippen LogP contribution in [0.2, 0.25) is 0 Å². The molecule has 92 valence electrons. The van der Waals surface area contributed by atoms with Gasteiger partial charge in [0.1, 0.15) is 0 Å². The quantitative estimate of drug-likeness (QED) is 0.903. The highest BCUT2D eigenvalue weighted by Crippen LogP contribution is 2.17. The van der Waals surface area contributed by atoms with Crippen LogP contribution in [0, 0.1) is 13.8 Å². The fraction of sp³-hybridized carbons (Fsp3) is 0.462. The molecule has 2 aromatic rings. The van der Waals surface area contributed by atoms with Crippen LogP contribution in [0.4, 0.5) is 0 Å². The molecule has 2 heterocycles. The molecular formula is C13H18N2OS. The van der Waals surface area contributed by atoms with Gasteiger partial charge in [-0.3, -0.25) is 4.68 Å². The van der Waals surface area contributed by atoms with E-state index >= 15 is 0 Å². The molecule has 4 heteroatoms. The van der Waals surface area contributed by atoms with Gasteiger partial charge in [-0.1, -0.05) is 0 Å². The van der Waals surface area contributed by atoms with Crippen molar-refractivity contribution in [3.63, 3.8) is 0 Å². The van der Waals surface area contributed by atoms with Crippen molar-refractivity contribution in [2.24, 2.45) is 7.05 Å². The maximum Gasteiger partial charge on any atom is 0.0629 e. The Morgan fingerprint density at radius 3 is 2.71 bits per heavy atom. The van der Waals surface area contributed by atoms with Crippen molar-refractivity contribution in [3.8, 4) is 0 Å². The summed E-state index contributed by atoms with van der Waals surface area (Å²) < 4.78 is 1.88. The Morgan fingerprint density at radius 2 is 2.18 bits per heavy atom. The summed E-state index contributed by atoms with van der Waals surface area (Å²) >= 11 is 1.67. The van der Waals surface area contributed by atoms with Gasteiger partial charge in [0.15, 0.2) is 0 Å². The Kier molecular flexibility index (Phi) is 3.64. The molecule has 2 aromatic heterocycles. The molecule has 3 nitrogen and oxygen atoms in total. The van der Waals surface area contributed by atoms with E-state index in [0.717, 1.165) is 17.8 Å². The molecule has 0 bridgehead atoms. The highest BCUT2D eigenvalue weighted by Gasteiger charge is 2.14. The molecule has 0 aromatic carbocycles. The third-order valence-electron chi connectivity index (χ3n) is 3.15. The fourth-order valence-corrected chi connectivity index (χ4v) is 2.78. The summed E-state index contributed by atoms with van der Waals surface area (Å²) in [6.45, 7) is 4.05. The maximum atomic E-state index is 10.1. The predicted molar refractivity (Wildman–Crippen MR) is 70.4 cm³/mol.